The summed E-state index contributed by atoms with van der Waals surface area (Å²) in [6.45, 7) is 11.5. The van der Waals surface area contributed by atoms with Crippen molar-refractivity contribution in [3.63, 3.8) is 0 Å². The number of nitrogens with zero attached hydrogens (tertiary/aromatic N) is 2. The Kier molecular flexibility index (Phi) is 18.1. The van der Waals surface area contributed by atoms with Crippen molar-refractivity contribution < 1.29 is 87.4 Å². The number of halogens is 6. The first-order valence-corrected chi connectivity index (χ1v) is 13.8. The van der Waals surface area contributed by atoms with Crippen molar-refractivity contribution >= 4 is 39.9 Å². The molecule has 43 heavy (non-hydrogen) atoms. The van der Waals surface area contributed by atoms with E-state index < -0.39 is 45.6 Å². The largest absolute Gasteiger partial charge is 1.00 e. The minimum atomic E-state index is -5.08. The zero-order valence-corrected chi connectivity index (χ0v) is 28.0. The SMILES string of the molecule is CC(C)(C)c1ccc(C(=O)C=[N+]=[N-])cc1.CC(C)(C)c1ccc(C(=O)COS(=O)C(F)(F)F)cc1.O=S([O-])C(F)(F)F.[Na+]. The van der Waals surface area contributed by atoms with Gasteiger partial charge >= 0.3 is 46.8 Å². The third-order valence-electron chi connectivity index (χ3n) is 4.96. The molecule has 0 saturated carbocycles. The maximum absolute atomic E-state index is 11.9. The normalized spacial score (nSPS) is 13.0. The topological polar surface area (TPSA) is 137 Å². The quantitative estimate of drug-likeness (QED) is 0.0884. The Morgan fingerprint density at radius 1 is 0.791 bits per heavy atom. The summed E-state index contributed by atoms with van der Waals surface area (Å²) in [5, 5.41) is 0. The molecule has 0 spiro atoms. The summed E-state index contributed by atoms with van der Waals surface area (Å²) in [6, 6.07) is 13.8. The average molecular weight is 667 g/mol. The monoisotopic (exact) mass is 666 g/mol. The van der Waals surface area contributed by atoms with Gasteiger partial charge in [0.15, 0.2) is 5.78 Å². The van der Waals surface area contributed by atoms with Crippen LogP contribution in [0.15, 0.2) is 48.5 Å². The van der Waals surface area contributed by atoms with E-state index in [2.05, 4.69) is 29.7 Å². The Balaban J connectivity index is 0. The van der Waals surface area contributed by atoms with Gasteiger partial charge in [0.2, 0.25) is 0 Å². The molecule has 0 aromatic heterocycles. The minimum Gasteiger partial charge on any atom is -0.766 e. The molecule has 0 aliphatic carbocycles. The number of rotatable bonds is 6. The van der Waals surface area contributed by atoms with E-state index in [0.717, 1.165) is 11.8 Å². The molecule has 2 aromatic rings. The van der Waals surface area contributed by atoms with E-state index in [-0.39, 0.29) is 51.7 Å². The van der Waals surface area contributed by atoms with Gasteiger partial charge in [-0.05, 0) is 22.0 Å². The van der Waals surface area contributed by atoms with Crippen molar-refractivity contribution in [2.45, 2.75) is 63.4 Å². The van der Waals surface area contributed by atoms with Crippen LogP contribution in [0.1, 0.15) is 73.4 Å². The molecule has 0 radical (unpaired) electrons. The third-order valence-corrected chi connectivity index (χ3v) is 6.05. The van der Waals surface area contributed by atoms with Gasteiger partial charge in [-0.25, -0.2) is 4.21 Å². The summed E-state index contributed by atoms with van der Waals surface area (Å²) in [6.07, 6.45) is 0.895. The molecule has 8 nitrogen and oxygen atoms in total. The fourth-order valence-electron chi connectivity index (χ4n) is 2.67. The van der Waals surface area contributed by atoms with E-state index in [1.54, 1.807) is 24.3 Å². The summed E-state index contributed by atoms with van der Waals surface area (Å²) in [7, 11) is 0. The number of Topliss-reactive ketones (excluding diaryl/α,β-unsaturated/α-hetero) is 2. The van der Waals surface area contributed by atoms with Crippen molar-refractivity contribution in [3.8, 4) is 0 Å². The van der Waals surface area contributed by atoms with Crippen molar-refractivity contribution in [1.29, 1.82) is 0 Å². The fourth-order valence-corrected chi connectivity index (χ4v) is 3.02. The van der Waals surface area contributed by atoms with Gasteiger partial charge in [0.05, 0.1) is 11.1 Å². The van der Waals surface area contributed by atoms with Crippen LogP contribution in [-0.4, -0.2) is 53.2 Å². The van der Waals surface area contributed by atoms with Gasteiger partial charge < -0.3 is 10.1 Å². The zero-order chi connectivity index (χ0) is 33.1. The van der Waals surface area contributed by atoms with Crippen LogP contribution in [0.25, 0.3) is 5.53 Å². The van der Waals surface area contributed by atoms with Crippen LogP contribution < -0.4 is 29.6 Å². The molecule has 234 valence electrons. The predicted molar refractivity (Wildman–Crippen MR) is 144 cm³/mol. The molecule has 2 atom stereocenters. The van der Waals surface area contributed by atoms with E-state index >= 15 is 0 Å². The van der Waals surface area contributed by atoms with Crippen LogP contribution >= 0.6 is 0 Å². The number of hydrogen-bond donors (Lipinski definition) is 0. The number of hydrogen-bond acceptors (Lipinski definition) is 6. The Morgan fingerprint density at radius 3 is 1.42 bits per heavy atom. The van der Waals surface area contributed by atoms with E-state index in [1.165, 1.54) is 17.7 Å². The van der Waals surface area contributed by atoms with E-state index in [0.29, 0.717) is 5.56 Å². The Bertz CT molecular complexity index is 1300. The summed E-state index contributed by atoms with van der Waals surface area (Å²) < 4.78 is 100.0. The van der Waals surface area contributed by atoms with Gasteiger partial charge in [-0.15, -0.1) is 0 Å². The predicted octanol–water partition coefficient (Wildman–Crippen LogP) is 3.22. The minimum absolute atomic E-state index is 0. The van der Waals surface area contributed by atoms with E-state index in [4.69, 9.17) is 14.3 Å². The summed E-state index contributed by atoms with van der Waals surface area (Å²) in [4.78, 5) is 25.6. The van der Waals surface area contributed by atoms with Gasteiger partial charge in [0, 0.05) is 11.1 Å². The van der Waals surface area contributed by atoms with Crippen LogP contribution in [0.4, 0.5) is 26.3 Å². The van der Waals surface area contributed by atoms with E-state index in [1.807, 2.05) is 32.9 Å². The molecule has 0 saturated heterocycles. The van der Waals surface area contributed by atoms with Crippen LogP contribution in [-0.2, 0) is 37.2 Å². The molecular weight excluding hydrogens is 637 g/mol. The van der Waals surface area contributed by atoms with E-state index in [9.17, 15) is 40.1 Å². The summed E-state index contributed by atoms with van der Waals surface area (Å²) in [5.41, 5.74) is 1.07. The summed E-state index contributed by atoms with van der Waals surface area (Å²) in [5.74, 6) is -0.944. The second-order valence-electron chi connectivity index (χ2n) is 10.3. The van der Waals surface area contributed by atoms with Crippen molar-refractivity contribution in [3.05, 3.63) is 76.3 Å². The second-order valence-corrected chi connectivity index (χ2v) is 12.4. The maximum atomic E-state index is 11.9. The standard InChI is InChI=1S/C13H15F3O3S.C12H14N2O.CHF3O2S.Na/c1-12(2,3)10-6-4-9(5-7-10)11(17)8-19-20(18)13(14,15)16;1-12(2,3)10-6-4-9(5-7-10)11(15)8-14-13;2-1(3,4)7(5)6;/h4-7H,8H2,1-3H3;4-8H,1-3H3;(H,5,6);/q;;;+1/p-1. The Morgan fingerprint density at radius 2 is 1.14 bits per heavy atom. The molecule has 2 rings (SSSR count). The van der Waals surface area contributed by atoms with Crippen molar-refractivity contribution in [2.24, 2.45) is 0 Å². The molecular formula is C26H29F6N2NaO6S2. The van der Waals surface area contributed by atoms with Crippen molar-refractivity contribution in [2.75, 3.05) is 6.61 Å². The molecule has 0 amide bonds. The smallest absolute Gasteiger partial charge is 0.766 e. The first kappa shape index (κ1) is 43.1. The van der Waals surface area contributed by atoms with Crippen LogP contribution in [0.5, 0.6) is 0 Å². The van der Waals surface area contributed by atoms with Gasteiger partial charge in [0.1, 0.15) is 6.61 Å². The Labute approximate surface area is 272 Å². The number of ketones is 2. The molecule has 17 heteroatoms. The Hall–Kier alpha value is -2.04. The number of benzene rings is 2. The summed E-state index contributed by atoms with van der Waals surface area (Å²) >= 11 is -7.40. The van der Waals surface area contributed by atoms with Gasteiger partial charge in [-0.2, -0.15) is 31.1 Å². The molecule has 0 heterocycles. The number of alkyl halides is 6. The molecule has 2 aromatic carbocycles. The van der Waals surface area contributed by atoms with Gasteiger partial charge in [-0.3, -0.25) is 18.0 Å². The molecule has 0 N–H and O–H groups in total. The third kappa shape index (κ3) is 17.1. The van der Waals surface area contributed by atoms with Crippen LogP contribution in [0.3, 0.4) is 0 Å². The fraction of sp³-hybridized carbons (Fsp3) is 0.423. The molecule has 0 aliphatic rings. The molecule has 0 aliphatic heterocycles. The molecule has 0 bridgehead atoms. The number of carbonyl (C=O) groups excluding carboxylic acids is 2. The second kappa shape index (κ2) is 18.1. The van der Waals surface area contributed by atoms with Crippen LogP contribution in [0, 0.1) is 0 Å². The molecule has 0 fully saturated rings. The number of carbonyl (C=O) groups is 2. The maximum Gasteiger partial charge on any atom is 1.00 e. The zero-order valence-electron chi connectivity index (χ0n) is 24.3. The first-order chi connectivity index (χ1) is 18.9. The average Bonchev–Trinajstić information content (AvgIpc) is 2.86. The van der Waals surface area contributed by atoms with Crippen LogP contribution in [0.2, 0.25) is 0 Å². The van der Waals surface area contributed by atoms with Gasteiger partial charge in [-0.1, -0.05) is 90.1 Å². The van der Waals surface area contributed by atoms with Gasteiger partial charge in [0.25, 0.3) is 16.9 Å². The van der Waals surface area contributed by atoms with Crippen molar-refractivity contribution in [1.82, 2.24) is 0 Å². The molecule has 2 unspecified atom stereocenters. The first-order valence-electron chi connectivity index (χ1n) is 11.6.